The number of nitrogens with one attached hydrogen (secondary N) is 1. The Bertz CT molecular complexity index is 1710. The van der Waals surface area contributed by atoms with E-state index in [1.165, 1.54) is 12.1 Å². The van der Waals surface area contributed by atoms with E-state index in [1.54, 1.807) is 37.3 Å². The highest BCUT2D eigenvalue weighted by molar-refractivity contribution is 6.32. The number of hydrogen-bond donors (Lipinski definition) is 2. The molecule has 4 aromatic rings. The van der Waals surface area contributed by atoms with Crippen LogP contribution in [-0.4, -0.2) is 17.0 Å². The van der Waals surface area contributed by atoms with Crippen molar-refractivity contribution >= 4 is 46.2 Å². The normalized spacial score (nSPS) is 11.7. The molecule has 0 atom stereocenters. The zero-order valence-corrected chi connectivity index (χ0v) is 20.8. The lowest BCUT2D eigenvalue weighted by Gasteiger charge is -2.16. The Hall–Kier alpha value is -4.44. The molecular formula is C28H18ClF4NO5. The van der Waals surface area contributed by atoms with Gasteiger partial charge in [-0.2, -0.15) is 13.2 Å². The maximum absolute atomic E-state index is 13.5. The summed E-state index contributed by atoms with van der Waals surface area (Å²) in [6.45, 7) is 1.71. The van der Waals surface area contributed by atoms with Gasteiger partial charge in [-0.15, -0.1) is 0 Å². The number of amides is 1. The SMILES string of the molecule is Cc1cc2c(-c3cccc(C=CC(=O)O)c3)c(CC(=O)Nc3ccc(F)cc3C(F)(F)F)c(=O)oc2cc1Cl. The van der Waals surface area contributed by atoms with Crippen LogP contribution in [0.25, 0.3) is 28.2 Å². The molecule has 0 fully saturated rings. The van der Waals surface area contributed by atoms with Gasteiger partial charge >= 0.3 is 17.8 Å². The van der Waals surface area contributed by atoms with E-state index in [2.05, 4.69) is 5.32 Å². The van der Waals surface area contributed by atoms with Gasteiger partial charge in [0.25, 0.3) is 0 Å². The smallest absolute Gasteiger partial charge is 0.418 e. The molecule has 1 amide bonds. The average Bonchev–Trinajstić information content (AvgIpc) is 2.85. The molecule has 0 bridgehead atoms. The molecule has 1 aromatic heterocycles. The number of benzene rings is 3. The fourth-order valence-electron chi connectivity index (χ4n) is 4.04. The Morgan fingerprint density at radius 2 is 1.85 bits per heavy atom. The second-order valence-electron chi connectivity index (χ2n) is 8.55. The van der Waals surface area contributed by atoms with E-state index in [4.69, 9.17) is 21.1 Å². The maximum atomic E-state index is 13.5. The molecule has 0 unspecified atom stereocenters. The van der Waals surface area contributed by atoms with Crippen LogP contribution in [-0.2, 0) is 22.2 Å². The van der Waals surface area contributed by atoms with Crippen LogP contribution in [0.15, 0.2) is 69.9 Å². The lowest BCUT2D eigenvalue weighted by Crippen LogP contribution is -2.22. The van der Waals surface area contributed by atoms with E-state index in [9.17, 15) is 31.9 Å². The van der Waals surface area contributed by atoms with Crippen LogP contribution in [0.1, 0.15) is 22.3 Å². The molecule has 0 spiro atoms. The van der Waals surface area contributed by atoms with Gasteiger partial charge in [-0.05, 0) is 60.0 Å². The number of fused-ring (bicyclic) bond motifs is 1. The lowest BCUT2D eigenvalue weighted by molar-refractivity contribution is -0.137. The van der Waals surface area contributed by atoms with Crippen LogP contribution in [0, 0.1) is 12.7 Å². The number of carboxylic acids is 1. The first-order valence-electron chi connectivity index (χ1n) is 11.3. The van der Waals surface area contributed by atoms with Crippen LogP contribution in [0.5, 0.6) is 0 Å². The zero-order valence-electron chi connectivity index (χ0n) is 20.0. The van der Waals surface area contributed by atoms with Crippen LogP contribution in [0.3, 0.4) is 0 Å². The van der Waals surface area contributed by atoms with Crippen molar-refractivity contribution < 1.29 is 36.7 Å². The molecule has 0 saturated carbocycles. The standard InChI is InChI=1S/C28H18ClF4NO5/c1-14-9-18-23(13-21(14)29)39-27(38)19(26(18)16-4-2-3-15(10-16)5-8-25(36)37)12-24(35)34-22-7-6-17(30)11-20(22)28(31,32)33/h2-11,13H,12H2,1H3,(H,34,35)(H,36,37). The summed E-state index contributed by atoms with van der Waals surface area (Å²) < 4.78 is 59.1. The number of aryl methyl sites for hydroxylation is 1. The molecule has 1 heterocycles. The molecule has 4 rings (SSSR count). The molecule has 2 N–H and O–H groups in total. The molecule has 6 nitrogen and oxygen atoms in total. The van der Waals surface area contributed by atoms with Crippen molar-refractivity contribution in [3.8, 4) is 11.1 Å². The van der Waals surface area contributed by atoms with Gasteiger partial charge in [0.05, 0.1) is 23.2 Å². The van der Waals surface area contributed by atoms with Gasteiger partial charge in [0.15, 0.2) is 0 Å². The molecule has 3 aromatic carbocycles. The topological polar surface area (TPSA) is 96.6 Å². The molecule has 0 saturated heterocycles. The summed E-state index contributed by atoms with van der Waals surface area (Å²) in [7, 11) is 0. The van der Waals surface area contributed by atoms with Crippen molar-refractivity contribution in [1.82, 2.24) is 0 Å². The van der Waals surface area contributed by atoms with Crippen LogP contribution >= 0.6 is 11.6 Å². The molecule has 11 heteroatoms. The van der Waals surface area contributed by atoms with Crippen molar-refractivity contribution in [3.05, 3.63) is 104 Å². The van der Waals surface area contributed by atoms with Crippen molar-refractivity contribution in [1.29, 1.82) is 0 Å². The molecular weight excluding hydrogens is 542 g/mol. The van der Waals surface area contributed by atoms with Gasteiger partial charge in [0.1, 0.15) is 11.4 Å². The number of halogens is 5. The van der Waals surface area contributed by atoms with E-state index in [0.717, 1.165) is 18.2 Å². The molecule has 0 radical (unpaired) electrons. The summed E-state index contributed by atoms with van der Waals surface area (Å²) in [6, 6.07) is 11.3. The minimum atomic E-state index is -4.95. The first-order valence-corrected chi connectivity index (χ1v) is 11.6. The summed E-state index contributed by atoms with van der Waals surface area (Å²) in [5.41, 5.74) is -1.25. The number of carboxylic acid groups (broad SMARTS) is 1. The van der Waals surface area contributed by atoms with Gasteiger partial charge < -0.3 is 14.8 Å². The van der Waals surface area contributed by atoms with Crippen molar-refractivity contribution in [3.63, 3.8) is 0 Å². The Kier molecular flexibility index (Phi) is 7.60. The molecule has 0 aliphatic rings. The molecule has 0 aliphatic carbocycles. The number of alkyl halides is 3. The number of hydrogen-bond acceptors (Lipinski definition) is 4. The van der Waals surface area contributed by atoms with E-state index in [1.807, 2.05) is 0 Å². The van der Waals surface area contributed by atoms with E-state index in [0.29, 0.717) is 27.1 Å². The lowest BCUT2D eigenvalue weighted by atomic mass is 9.93. The van der Waals surface area contributed by atoms with E-state index >= 15 is 0 Å². The van der Waals surface area contributed by atoms with E-state index < -0.39 is 47.2 Å². The summed E-state index contributed by atoms with van der Waals surface area (Å²) in [4.78, 5) is 37.0. The highest BCUT2D eigenvalue weighted by atomic mass is 35.5. The Morgan fingerprint density at radius 1 is 1.10 bits per heavy atom. The van der Waals surface area contributed by atoms with Gasteiger partial charge in [0.2, 0.25) is 5.91 Å². The summed E-state index contributed by atoms with van der Waals surface area (Å²) in [5.74, 6) is -3.29. The number of carbonyl (C=O) groups excluding carboxylic acids is 1. The summed E-state index contributed by atoms with van der Waals surface area (Å²) in [6.07, 6.45) is -3.37. The average molecular weight is 560 g/mol. The third-order valence-electron chi connectivity index (χ3n) is 5.77. The second kappa shape index (κ2) is 10.7. The number of aliphatic carboxylic acids is 1. The minimum absolute atomic E-state index is 0.110. The first-order chi connectivity index (χ1) is 18.3. The monoisotopic (exact) mass is 559 g/mol. The maximum Gasteiger partial charge on any atom is 0.418 e. The van der Waals surface area contributed by atoms with Gasteiger partial charge in [-0.25, -0.2) is 14.0 Å². The van der Waals surface area contributed by atoms with Gasteiger partial charge in [-0.1, -0.05) is 29.8 Å². The number of rotatable bonds is 6. The fourth-order valence-corrected chi connectivity index (χ4v) is 4.19. The Labute approximate surface area is 223 Å². The highest BCUT2D eigenvalue weighted by Gasteiger charge is 2.34. The van der Waals surface area contributed by atoms with Gasteiger partial charge in [0, 0.05) is 28.1 Å². The fraction of sp³-hybridized carbons (Fsp3) is 0.107. The number of carbonyl (C=O) groups is 2. The predicted octanol–water partition coefficient (Wildman–Crippen LogP) is 6.86. The third kappa shape index (κ3) is 6.18. The third-order valence-corrected chi connectivity index (χ3v) is 6.18. The predicted molar refractivity (Wildman–Crippen MR) is 138 cm³/mol. The van der Waals surface area contributed by atoms with E-state index in [-0.39, 0.29) is 22.8 Å². The quantitative estimate of drug-likeness (QED) is 0.153. The zero-order chi connectivity index (χ0) is 28.5. The van der Waals surface area contributed by atoms with Crippen molar-refractivity contribution in [2.45, 2.75) is 19.5 Å². The summed E-state index contributed by atoms with van der Waals surface area (Å²) in [5, 5.41) is 11.8. The van der Waals surface area contributed by atoms with Crippen molar-refractivity contribution in [2.24, 2.45) is 0 Å². The Balaban J connectivity index is 1.85. The molecule has 39 heavy (non-hydrogen) atoms. The molecule has 200 valence electrons. The van der Waals surface area contributed by atoms with Crippen LogP contribution in [0.2, 0.25) is 5.02 Å². The second-order valence-corrected chi connectivity index (χ2v) is 8.96. The van der Waals surface area contributed by atoms with Crippen LogP contribution < -0.4 is 10.9 Å². The Morgan fingerprint density at radius 3 is 2.54 bits per heavy atom. The minimum Gasteiger partial charge on any atom is -0.478 e. The molecule has 0 aliphatic heterocycles. The van der Waals surface area contributed by atoms with Crippen molar-refractivity contribution in [2.75, 3.05) is 5.32 Å². The first kappa shape index (κ1) is 27.6. The summed E-state index contributed by atoms with van der Waals surface area (Å²) >= 11 is 6.20. The van der Waals surface area contributed by atoms with Crippen LogP contribution in [0.4, 0.5) is 23.2 Å². The number of anilines is 1. The van der Waals surface area contributed by atoms with Gasteiger partial charge in [-0.3, -0.25) is 4.79 Å². The highest BCUT2D eigenvalue weighted by Crippen LogP contribution is 2.37. The largest absolute Gasteiger partial charge is 0.478 e.